The molecule has 3 N–H and O–H groups in total. The third-order valence-electron chi connectivity index (χ3n) is 2.36. The van der Waals surface area contributed by atoms with Crippen LogP contribution in [0, 0.1) is 0 Å². The van der Waals surface area contributed by atoms with Gasteiger partial charge in [0.25, 0.3) is 0 Å². The molecule has 0 spiro atoms. The summed E-state index contributed by atoms with van der Waals surface area (Å²) in [6.07, 6.45) is 1.85. The molecule has 2 rings (SSSR count). The van der Waals surface area contributed by atoms with E-state index in [0.717, 1.165) is 12.2 Å². The first-order valence-corrected chi connectivity index (χ1v) is 4.37. The number of carboxylic acids is 1. The number of hydrogen-bond acceptors (Lipinski definition) is 3. The van der Waals surface area contributed by atoms with Gasteiger partial charge < -0.3 is 15.4 Å². The van der Waals surface area contributed by atoms with Crippen molar-refractivity contribution in [1.29, 1.82) is 0 Å². The summed E-state index contributed by atoms with van der Waals surface area (Å²) < 4.78 is 0. The van der Waals surface area contributed by atoms with Crippen molar-refractivity contribution >= 4 is 5.97 Å². The van der Waals surface area contributed by atoms with Crippen LogP contribution in [0.15, 0.2) is 11.0 Å². The monoisotopic (exact) mass is 194 g/mol. The molecule has 0 amide bonds. The van der Waals surface area contributed by atoms with Crippen molar-refractivity contribution in [2.24, 2.45) is 0 Å². The zero-order chi connectivity index (χ0) is 10.1. The molecule has 0 radical (unpaired) electrons. The lowest BCUT2D eigenvalue weighted by Crippen LogP contribution is -2.31. The van der Waals surface area contributed by atoms with Crippen molar-refractivity contribution in [1.82, 2.24) is 10.3 Å². The number of nitrogens with one attached hydrogen (secondary N) is 2. The Hall–Kier alpha value is -1.62. The minimum Gasteiger partial charge on any atom is -0.477 e. The molecule has 0 saturated carbocycles. The second-order valence-corrected chi connectivity index (χ2v) is 3.22. The Labute approximate surface area is 79.8 Å². The molecule has 2 heterocycles. The predicted octanol–water partition coefficient (Wildman–Crippen LogP) is -0.281. The second-order valence-electron chi connectivity index (χ2n) is 3.22. The lowest BCUT2D eigenvalue weighted by atomic mass is 10.0. The van der Waals surface area contributed by atoms with Gasteiger partial charge in [0.2, 0.25) is 0 Å². The summed E-state index contributed by atoms with van der Waals surface area (Å²) in [5.74, 6) is -1.17. The molecular weight excluding hydrogens is 184 g/mol. The summed E-state index contributed by atoms with van der Waals surface area (Å²) >= 11 is 0. The highest BCUT2D eigenvalue weighted by Crippen LogP contribution is 2.07. The first-order valence-electron chi connectivity index (χ1n) is 4.37. The molecule has 0 aromatic carbocycles. The van der Waals surface area contributed by atoms with Crippen LogP contribution in [-0.4, -0.2) is 22.6 Å². The molecule has 0 aliphatic carbocycles. The fraction of sp³-hybridized carbons (Fsp3) is 0.333. The Balaban J connectivity index is 2.60. The van der Waals surface area contributed by atoms with Gasteiger partial charge in [-0.15, -0.1) is 0 Å². The molecule has 0 saturated heterocycles. The smallest absolute Gasteiger partial charge is 0.341 e. The fourth-order valence-electron chi connectivity index (χ4n) is 1.62. The van der Waals surface area contributed by atoms with Gasteiger partial charge in [-0.2, -0.15) is 0 Å². The summed E-state index contributed by atoms with van der Waals surface area (Å²) in [6.45, 7) is 1.32. The maximum absolute atomic E-state index is 11.6. The number of rotatable bonds is 1. The Kier molecular flexibility index (Phi) is 2.09. The maximum atomic E-state index is 11.6. The third kappa shape index (κ3) is 1.31. The Morgan fingerprint density at radius 1 is 1.50 bits per heavy atom. The van der Waals surface area contributed by atoms with Crippen molar-refractivity contribution in [2.45, 2.75) is 13.0 Å². The van der Waals surface area contributed by atoms with Crippen molar-refractivity contribution in [3.8, 4) is 0 Å². The highest BCUT2D eigenvalue weighted by Gasteiger charge is 2.17. The van der Waals surface area contributed by atoms with Gasteiger partial charge in [-0.3, -0.25) is 4.79 Å². The van der Waals surface area contributed by atoms with E-state index in [9.17, 15) is 9.59 Å². The number of carboxylic acid groups (broad SMARTS) is 1. The maximum Gasteiger partial charge on any atom is 0.341 e. The molecule has 0 bridgehead atoms. The third-order valence-corrected chi connectivity index (χ3v) is 2.36. The summed E-state index contributed by atoms with van der Waals surface area (Å²) in [5, 5.41) is 11.8. The Morgan fingerprint density at radius 2 is 2.29 bits per heavy atom. The summed E-state index contributed by atoms with van der Waals surface area (Å²) in [7, 11) is 0. The number of fused-ring (bicyclic) bond motifs is 1. The molecule has 5 nitrogen and oxygen atoms in total. The van der Waals surface area contributed by atoms with E-state index >= 15 is 0 Å². The minimum absolute atomic E-state index is 0.175. The van der Waals surface area contributed by atoms with Gasteiger partial charge in [0.1, 0.15) is 5.56 Å². The van der Waals surface area contributed by atoms with Crippen molar-refractivity contribution in [3.63, 3.8) is 0 Å². The number of aromatic carboxylic acids is 1. The van der Waals surface area contributed by atoms with Gasteiger partial charge in [-0.1, -0.05) is 0 Å². The zero-order valence-electron chi connectivity index (χ0n) is 7.46. The number of carbonyl (C=O) groups is 1. The van der Waals surface area contributed by atoms with E-state index in [1.54, 1.807) is 0 Å². The van der Waals surface area contributed by atoms with Crippen LogP contribution < -0.4 is 10.7 Å². The average Bonchev–Trinajstić information content (AvgIpc) is 2.18. The first-order chi connectivity index (χ1) is 6.70. The number of hydrogen-bond donors (Lipinski definition) is 3. The van der Waals surface area contributed by atoms with Crippen molar-refractivity contribution in [2.75, 3.05) is 6.54 Å². The lowest BCUT2D eigenvalue weighted by molar-refractivity contribution is 0.0695. The van der Waals surface area contributed by atoms with E-state index < -0.39 is 5.97 Å². The van der Waals surface area contributed by atoms with Gasteiger partial charge in [0.15, 0.2) is 5.43 Å². The van der Waals surface area contributed by atoms with Crippen LogP contribution in [0.2, 0.25) is 0 Å². The van der Waals surface area contributed by atoms with Gasteiger partial charge >= 0.3 is 5.97 Å². The van der Waals surface area contributed by atoms with Gasteiger partial charge in [0, 0.05) is 24.0 Å². The molecule has 1 aromatic heterocycles. The van der Waals surface area contributed by atoms with Gasteiger partial charge in [-0.25, -0.2) is 4.79 Å². The van der Waals surface area contributed by atoms with Gasteiger partial charge in [-0.05, 0) is 13.0 Å². The molecule has 0 atom stereocenters. The zero-order valence-corrected chi connectivity index (χ0v) is 7.46. The number of aromatic nitrogens is 1. The standard InChI is InChI=1S/C9H10N2O3/c12-8-5-1-2-10-4-7(5)11-3-6(8)9(13)14/h3,10H,1-2,4H2,(H,11,12)(H,13,14). The highest BCUT2D eigenvalue weighted by molar-refractivity contribution is 5.87. The molecule has 74 valence electrons. The van der Waals surface area contributed by atoms with E-state index in [0.29, 0.717) is 18.5 Å². The predicted molar refractivity (Wildman–Crippen MR) is 49.4 cm³/mol. The van der Waals surface area contributed by atoms with Gasteiger partial charge in [0.05, 0.1) is 0 Å². The highest BCUT2D eigenvalue weighted by atomic mass is 16.4. The summed E-state index contributed by atoms with van der Waals surface area (Å²) in [6, 6.07) is 0. The summed E-state index contributed by atoms with van der Waals surface area (Å²) in [4.78, 5) is 25.1. The van der Waals surface area contributed by atoms with Crippen molar-refractivity contribution in [3.05, 3.63) is 33.2 Å². The molecule has 14 heavy (non-hydrogen) atoms. The van der Waals surface area contributed by atoms with Crippen LogP contribution in [0.25, 0.3) is 0 Å². The number of H-pyrrole nitrogens is 1. The molecule has 5 heteroatoms. The Bertz CT molecular complexity index is 436. The summed E-state index contributed by atoms with van der Waals surface area (Å²) in [5.41, 5.74) is 0.869. The SMILES string of the molecule is O=C(O)c1c[nH]c2c(c1=O)CCNC2. The van der Waals surface area contributed by atoms with Crippen LogP contribution in [0.4, 0.5) is 0 Å². The largest absolute Gasteiger partial charge is 0.477 e. The molecule has 1 aliphatic rings. The van der Waals surface area contributed by atoms with E-state index in [1.807, 2.05) is 0 Å². The topological polar surface area (TPSA) is 82.2 Å². The van der Waals surface area contributed by atoms with Crippen LogP contribution in [0.3, 0.4) is 0 Å². The normalized spacial score (nSPS) is 14.9. The van der Waals surface area contributed by atoms with E-state index in [-0.39, 0.29) is 11.0 Å². The first kappa shape index (κ1) is 8.96. The van der Waals surface area contributed by atoms with Crippen LogP contribution in [0.5, 0.6) is 0 Å². The fourth-order valence-corrected chi connectivity index (χ4v) is 1.62. The average molecular weight is 194 g/mol. The lowest BCUT2D eigenvalue weighted by Gasteiger charge is -2.15. The quantitative estimate of drug-likeness (QED) is 0.574. The molecular formula is C9H10N2O3. The molecule has 1 aliphatic heterocycles. The molecule has 0 unspecified atom stereocenters. The van der Waals surface area contributed by atoms with E-state index in [2.05, 4.69) is 10.3 Å². The number of pyridine rings is 1. The number of aromatic amines is 1. The second kappa shape index (κ2) is 3.26. The molecule has 1 aromatic rings. The van der Waals surface area contributed by atoms with Crippen LogP contribution in [-0.2, 0) is 13.0 Å². The van der Waals surface area contributed by atoms with Crippen LogP contribution >= 0.6 is 0 Å². The minimum atomic E-state index is -1.17. The van der Waals surface area contributed by atoms with E-state index in [4.69, 9.17) is 5.11 Å². The van der Waals surface area contributed by atoms with E-state index in [1.165, 1.54) is 6.20 Å². The van der Waals surface area contributed by atoms with Crippen LogP contribution in [0.1, 0.15) is 21.6 Å². The Morgan fingerprint density at radius 3 is 3.00 bits per heavy atom. The van der Waals surface area contributed by atoms with Crippen molar-refractivity contribution < 1.29 is 9.90 Å². The molecule has 0 fully saturated rings.